The summed E-state index contributed by atoms with van der Waals surface area (Å²) in [5, 5.41) is 17.5. The SMILES string of the molecule is CCCCOC(=O)C(C#N)CCCCCCO. The zero-order valence-corrected chi connectivity index (χ0v) is 10.7. The molecule has 0 aliphatic carbocycles. The predicted octanol–water partition coefficient (Wildman–Crippen LogP) is 2.41. The van der Waals surface area contributed by atoms with Crippen LogP contribution in [0, 0.1) is 17.2 Å². The lowest BCUT2D eigenvalue weighted by Gasteiger charge is -2.08. The first-order valence-corrected chi connectivity index (χ1v) is 6.43. The number of aliphatic hydroxyl groups is 1. The number of aliphatic hydroxyl groups excluding tert-OH is 1. The van der Waals surface area contributed by atoms with Gasteiger partial charge >= 0.3 is 5.97 Å². The molecule has 0 spiro atoms. The molecule has 0 aliphatic heterocycles. The molecule has 0 amide bonds. The molecule has 98 valence electrons. The maximum atomic E-state index is 11.5. The number of rotatable bonds is 10. The third-order valence-corrected chi connectivity index (χ3v) is 2.58. The molecule has 1 unspecified atom stereocenters. The van der Waals surface area contributed by atoms with Gasteiger partial charge < -0.3 is 9.84 Å². The van der Waals surface area contributed by atoms with E-state index in [-0.39, 0.29) is 12.6 Å². The van der Waals surface area contributed by atoms with Crippen molar-refractivity contribution in [1.82, 2.24) is 0 Å². The summed E-state index contributed by atoms with van der Waals surface area (Å²) in [4.78, 5) is 11.5. The summed E-state index contributed by atoms with van der Waals surface area (Å²) in [5.74, 6) is -1.01. The zero-order chi connectivity index (χ0) is 12.9. The van der Waals surface area contributed by atoms with Crippen LogP contribution in [0.5, 0.6) is 0 Å². The van der Waals surface area contributed by atoms with Gasteiger partial charge in [0, 0.05) is 6.61 Å². The standard InChI is InChI=1S/C13H23NO3/c1-2-3-10-17-13(16)12(11-14)8-6-4-5-7-9-15/h12,15H,2-10H2,1H3. The van der Waals surface area contributed by atoms with Crippen LogP contribution in [-0.4, -0.2) is 24.3 Å². The molecule has 1 atom stereocenters. The summed E-state index contributed by atoms with van der Waals surface area (Å²) in [7, 11) is 0. The minimum Gasteiger partial charge on any atom is -0.465 e. The Balaban J connectivity index is 3.67. The van der Waals surface area contributed by atoms with E-state index in [9.17, 15) is 4.79 Å². The van der Waals surface area contributed by atoms with Gasteiger partial charge in [-0.2, -0.15) is 5.26 Å². The Hall–Kier alpha value is -1.08. The Kier molecular flexibility index (Phi) is 10.7. The molecule has 17 heavy (non-hydrogen) atoms. The molecule has 4 heteroatoms. The number of hydrogen-bond donors (Lipinski definition) is 1. The van der Waals surface area contributed by atoms with Crippen molar-refractivity contribution in [2.24, 2.45) is 5.92 Å². The van der Waals surface area contributed by atoms with Crippen molar-refractivity contribution in [3.63, 3.8) is 0 Å². The normalized spacial score (nSPS) is 11.8. The lowest BCUT2D eigenvalue weighted by molar-refractivity contribution is -0.146. The van der Waals surface area contributed by atoms with Gasteiger partial charge in [0.1, 0.15) is 5.92 Å². The van der Waals surface area contributed by atoms with Gasteiger partial charge in [0.05, 0.1) is 12.7 Å². The van der Waals surface area contributed by atoms with Crippen molar-refractivity contribution >= 4 is 5.97 Å². The highest BCUT2D eigenvalue weighted by molar-refractivity contribution is 5.75. The molecule has 0 saturated carbocycles. The summed E-state index contributed by atoms with van der Waals surface area (Å²) >= 11 is 0. The van der Waals surface area contributed by atoms with Gasteiger partial charge in [-0.3, -0.25) is 4.79 Å². The highest BCUT2D eigenvalue weighted by Crippen LogP contribution is 2.12. The number of hydrogen-bond acceptors (Lipinski definition) is 4. The van der Waals surface area contributed by atoms with E-state index in [1.165, 1.54) is 0 Å². The summed E-state index contributed by atoms with van der Waals surface area (Å²) in [5.41, 5.74) is 0. The van der Waals surface area contributed by atoms with E-state index in [2.05, 4.69) is 0 Å². The Morgan fingerprint density at radius 2 is 2.00 bits per heavy atom. The molecule has 0 fully saturated rings. The summed E-state index contributed by atoms with van der Waals surface area (Å²) in [6.07, 6.45) is 5.90. The topological polar surface area (TPSA) is 70.3 Å². The average Bonchev–Trinajstić information content (AvgIpc) is 2.34. The number of ether oxygens (including phenoxy) is 1. The van der Waals surface area contributed by atoms with Gasteiger partial charge in [-0.1, -0.05) is 32.6 Å². The van der Waals surface area contributed by atoms with Gasteiger partial charge in [-0.25, -0.2) is 0 Å². The number of carbonyl (C=O) groups is 1. The zero-order valence-electron chi connectivity index (χ0n) is 10.7. The van der Waals surface area contributed by atoms with E-state index in [1.807, 2.05) is 13.0 Å². The predicted molar refractivity (Wildman–Crippen MR) is 65.1 cm³/mol. The first kappa shape index (κ1) is 15.9. The Morgan fingerprint density at radius 3 is 2.59 bits per heavy atom. The highest BCUT2D eigenvalue weighted by Gasteiger charge is 2.18. The fourth-order valence-corrected chi connectivity index (χ4v) is 1.47. The molecule has 1 N–H and O–H groups in total. The van der Waals surface area contributed by atoms with Crippen LogP contribution in [0.25, 0.3) is 0 Å². The third-order valence-electron chi connectivity index (χ3n) is 2.58. The van der Waals surface area contributed by atoms with Crippen molar-refractivity contribution in [3.8, 4) is 6.07 Å². The van der Waals surface area contributed by atoms with Crippen LogP contribution < -0.4 is 0 Å². The van der Waals surface area contributed by atoms with Crippen LogP contribution in [0.15, 0.2) is 0 Å². The lowest BCUT2D eigenvalue weighted by Crippen LogP contribution is -2.16. The molecule has 0 saturated heterocycles. The number of esters is 1. The fraction of sp³-hybridized carbons (Fsp3) is 0.846. The van der Waals surface area contributed by atoms with Gasteiger partial charge in [-0.15, -0.1) is 0 Å². The van der Waals surface area contributed by atoms with Crippen molar-refractivity contribution in [2.45, 2.75) is 51.9 Å². The Bertz CT molecular complexity index is 235. The molecule has 0 aromatic carbocycles. The van der Waals surface area contributed by atoms with Crippen LogP contribution in [0.3, 0.4) is 0 Å². The quantitative estimate of drug-likeness (QED) is 0.471. The second-order valence-electron chi connectivity index (χ2n) is 4.13. The van der Waals surface area contributed by atoms with Crippen molar-refractivity contribution < 1.29 is 14.6 Å². The monoisotopic (exact) mass is 241 g/mol. The highest BCUT2D eigenvalue weighted by atomic mass is 16.5. The number of unbranched alkanes of at least 4 members (excludes halogenated alkanes) is 4. The molecule has 0 radical (unpaired) electrons. The van der Waals surface area contributed by atoms with E-state index in [0.29, 0.717) is 13.0 Å². The molecule has 0 aliphatic rings. The van der Waals surface area contributed by atoms with Crippen LogP contribution in [0.1, 0.15) is 51.9 Å². The molecule has 0 bridgehead atoms. The van der Waals surface area contributed by atoms with E-state index < -0.39 is 5.92 Å². The third kappa shape index (κ3) is 8.70. The molecule has 4 nitrogen and oxygen atoms in total. The molecule has 0 heterocycles. The number of carbonyl (C=O) groups excluding carboxylic acids is 1. The van der Waals surface area contributed by atoms with E-state index in [4.69, 9.17) is 15.1 Å². The number of nitriles is 1. The van der Waals surface area contributed by atoms with Crippen LogP contribution in [0.2, 0.25) is 0 Å². The Morgan fingerprint density at radius 1 is 1.29 bits per heavy atom. The van der Waals surface area contributed by atoms with Gasteiger partial charge in [-0.05, 0) is 19.3 Å². The summed E-state index contributed by atoms with van der Waals surface area (Å²) < 4.78 is 5.01. The smallest absolute Gasteiger partial charge is 0.323 e. The van der Waals surface area contributed by atoms with Crippen LogP contribution in [-0.2, 0) is 9.53 Å². The van der Waals surface area contributed by atoms with E-state index in [0.717, 1.165) is 38.5 Å². The van der Waals surface area contributed by atoms with Gasteiger partial charge in [0.15, 0.2) is 0 Å². The molecule has 0 aromatic heterocycles. The number of nitrogens with zero attached hydrogens (tertiary/aromatic N) is 1. The van der Waals surface area contributed by atoms with Crippen molar-refractivity contribution in [1.29, 1.82) is 5.26 Å². The molecule has 0 rings (SSSR count). The maximum absolute atomic E-state index is 11.5. The minimum atomic E-state index is -0.624. The first-order chi connectivity index (χ1) is 8.26. The second kappa shape index (κ2) is 11.4. The minimum absolute atomic E-state index is 0.209. The first-order valence-electron chi connectivity index (χ1n) is 6.43. The van der Waals surface area contributed by atoms with Crippen molar-refractivity contribution in [2.75, 3.05) is 13.2 Å². The van der Waals surface area contributed by atoms with E-state index in [1.54, 1.807) is 0 Å². The fourth-order valence-electron chi connectivity index (χ4n) is 1.47. The van der Waals surface area contributed by atoms with E-state index >= 15 is 0 Å². The van der Waals surface area contributed by atoms with Gasteiger partial charge in [0.2, 0.25) is 0 Å². The Labute approximate surface area is 104 Å². The maximum Gasteiger partial charge on any atom is 0.323 e. The van der Waals surface area contributed by atoms with Crippen LogP contribution in [0.4, 0.5) is 0 Å². The average molecular weight is 241 g/mol. The lowest BCUT2D eigenvalue weighted by atomic mass is 10.0. The largest absolute Gasteiger partial charge is 0.465 e. The molecular weight excluding hydrogens is 218 g/mol. The summed E-state index contributed by atoms with van der Waals surface area (Å²) in [6.45, 7) is 2.65. The summed E-state index contributed by atoms with van der Waals surface area (Å²) in [6, 6.07) is 2.00. The van der Waals surface area contributed by atoms with Crippen LogP contribution >= 0.6 is 0 Å². The molecule has 0 aromatic rings. The molecular formula is C13H23NO3. The van der Waals surface area contributed by atoms with Crippen molar-refractivity contribution in [3.05, 3.63) is 0 Å². The second-order valence-corrected chi connectivity index (χ2v) is 4.13. The van der Waals surface area contributed by atoms with Gasteiger partial charge in [0.25, 0.3) is 0 Å².